The van der Waals surface area contributed by atoms with Crippen LogP contribution in [0.4, 0.5) is 17.1 Å². The number of nitrogens with zero attached hydrogens (tertiary/aromatic N) is 5. The summed E-state index contributed by atoms with van der Waals surface area (Å²) in [6.07, 6.45) is 8.55. The average Bonchev–Trinajstić information content (AvgIpc) is 3.62. The van der Waals surface area contributed by atoms with Crippen LogP contribution >= 0.6 is 0 Å². The summed E-state index contributed by atoms with van der Waals surface area (Å²) in [5, 5.41) is 2.26. The third kappa shape index (κ3) is 5.20. The maximum atomic E-state index is 5.30. The predicted molar refractivity (Wildman–Crippen MR) is 233 cm³/mol. The molecule has 270 valence electrons. The Bertz CT molecular complexity index is 2960. The van der Waals surface area contributed by atoms with Crippen molar-refractivity contribution in [1.29, 1.82) is 0 Å². The molecular formula is C52H37N5. The first-order valence-electron chi connectivity index (χ1n) is 19.6. The number of para-hydroxylation sites is 3. The summed E-state index contributed by atoms with van der Waals surface area (Å²) in [6, 6.07) is 65.3. The molecule has 0 saturated heterocycles. The summed E-state index contributed by atoms with van der Waals surface area (Å²) in [5.41, 5.74) is 11.5. The first kappa shape index (κ1) is 33.0. The fourth-order valence-electron chi connectivity index (χ4n) is 9.07. The van der Waals surface area contributed by atoms with E-state index in [4.69, 9.17) is 15.0 Å². The van der Waals surface area contributed by atoms with Gasteiger partial charge in [0, 0.05) is 27.6 Å². The number of benzene rings is 7. The van der Waals surface area contributed by atoms with E-state index in [9.17, 15) is 0 Å². The minimum absolute atomic E-state index is 0.589. The van der Waals surface area contributed by atoms with Gasteiger partial charge in [-0.25, -0.2) is 4.98 Å². The van der Waals surface area contributed by atoms with Gasteiger partial charge in [-0.3, -0.25) is 4.57 Å². The molecule has 5 nitrogen and oxygen atoms in total. The SMILES string of the molecule is C1=CC(c2nc(-c3ccccc3)nc(-n3c4ccccc4c4cc5c(cc43)C(c3ccccc3)(c3ccccc3)c3ccccc3N5c3ccccc3)n2)=CCC1. The lowest BCUT2D eigenvalue weighted by Gasteiger charge is -2.46. The number of fused-ring (bicyclic) bond motifs is 5. The molecular weight excluding hydrogens is 695 g/mol. The summed E-state index contributed by atoms with van der Waals surface area (Å²) in [6.45, 7) is 0. The second-order valence-electron chi connectivity index (χ2n) is 14.7. The van der Waals surface area contributed by atoms with Crippen molar-refractivity contribution in [1.82, 2.24) is 19.5 Å². The van der Waals surface area contributed by atoms with Crippen LogP contribution in [0.15, 0.2) is 200 Å². The molecule has 0 amide bonds. The maximum absolute atomic E-state index is 5.30. The molecule has 5 heteroatoms. The Morgan fingerprint density at radius 2 is 1.11 bits per heavy atom. The summed E-state index contributed by atoms with van der Waals surface area (Å²) in [7, 11) is 0. The molecule has 0 N–H and O–H groups in total. The minimum Gasteiger partial charge on any atom is -0.310 e. The lowest BCUT2D eigenvalue weighted by atomic mass is 9.62. The first-order chi connectivity index (χ1) is 28.3. The van der Waals surface area contributed by atoms with E-state index in [0.29, 0.717) is 17.6 Å². The zero-order valence-electron chi connectivity index (χ0n) is 31.2. The molecule has 0 bridgehead atoms. The Kier molecular flexibility index (Phi) is 7.78. The van der Waals surface area contributed by atoms with Crippen LogP contribution in [0.1, 0.15) is 40.9 Å². The van der Waals surface area contributed by atoms with Crippen LogP contribution in [0, 0.1) is 0 Å². The van der Waals surface area contributed by atoms with Crippen LogP contribution in [0.5, 0.6) is 0 Å². The molecule has 9 aromatic rings. The van der Waals surface area contributed by atoms with Gasteiger partial charge in [0.05, 0.1) is 27.8 Å². The van der Waals surface area contributed by atoms with Crippen molar-refractivity contribution < 1.29 is 0 Å². The largest absolute Gasteiger partial charge is 0.310 e. The summed E-state index contributed by atoms with van der Waals surface area (Å²) in [5.74, 6) is 1.91. The van der Waals surface area contributed by atoms with E-state index in [1.807, 2.05) is 18.2 Å². The molecule has 7 aromatic carbocycles. The van der Waals surface area contributed by atoms with Crippen molar-refractivity contribution in [2.45, 2.75) is 18.3 Å². The van der Waals surface area contributed by atoms with E-state index in [-0.39, 0.29) is 0 Å². The van der Waals surface area contributed by atoms with Gasteiger partial charge in [0.1, 0.15) is 0 Å². The Balaban J connectivity index is 1.30. The molecule has 2 aromatic heterocycles. The van der Waals surface area contributed by atoms with Gasteiger partial charge in [0.15, 0.2) is 11.6 Å². The van der Waals surface area contributed by atoms with Crippen molar-refractivity contribution in [3.05, 3.63) is 228 Å². The molecule has 1 aliphatic heterocycles. The minimum atomic E-state index is -0.660. The van der Waals surface area contributed by atoms with E-state index in [2.05, 4.69) is 191 Å². The zero-order chi connectivity index (χ0) is 37.8. The topological polar surface area (TPSA) is 46.8 Å². The normalized spacial score (nSPS) is 14.3. The van der Waals surface area contributed by atoms with Crippen molar-refractivity contribution in [3.8, 4) is 17.3 Å². The zero-order valence-corrected chi connectivity index (χ0v) is 31.2. The molecule has 11 rings (SSSR count). The fourth-order valence-corrected chi connectivity index (χ4v) is 9.07. The van der Waals surface area contributed by atoms with Gasteiger partial charge in [-0.15, -0.1) is 0 Å². The van der Waals surface area contributed by atoms with Crippen LogP contribution in [0.25, 0.3) is 44.7 Å². The number of aromatic nitrogens is 4. The Morgan fingerprint density at radius 3 is 1.82 bits per heavy atom. The standard InChI is InChI=1S/C52H37N5/c1-6-20-36(21-7-1)49-53-50(37-22-8-2-9-23-37)55-51(54-49)57-45-32-18-16-30-41(45)42-34-48-44(35-47(42)57)52(38-24-10-3-11-25-38,39-26-12-4-13-27-39)43-31-17-19-33-46(43)56(48)40-28-14-5-15-29-40/h1,3-8,10-35H,2,9H2. The molecule has 0 atom stereocenters. The number of hydrogen-bond acceptors (Lipinski definition) is 4. The molecule has 0 spiro atoms. The highest BCUT2D eigenvalue weighted by Gasteiger charge is 2.47. The molecule has 0 radical (unpaired) electrons. The predicted octanol–water partition coefficient (Wildman–Crippen LogP) is 12.5. The second-order valence-corrected chi connectivity index (χ2v) is 14.7. The molecule has 57 heavy (non-hydrogen) atoms. The Hall–Kier alpha value is -7.37. The monoisotopic (exact) mass is 731 g/mol. The first-order valence-corrected chi connectivity index (χ1v) is 19.6. The van der Waals surface area contributed by atoms with Crippen LogP contribution < -0.4 is 4.90 Å². The van der Waals surface area contributed by atoms with Crippen LogP contribution in [-0.2, 0) is 5.41 Å². The molecule has 0 unspecified atom stereocenters. The van der Waals surface area contributed by atoms with Gasteiger partial charge >= 0.3 is 0 Å². The second kappa shape index (κ2) is 13.4. The highest BCUT2D eigenvalue weighted by atomic mass is 15.2. The van der Waals surface area contributed by atoms with Gasteiger partial charge in [-0.2, -0.15) is 9.97 Å². The number of rotatable bonds is 6. The van der Waals surface area contributed by atoms with Crippen molar-refractivity contribution in [2.75, 3.05) is 4.90 Å². The van der Waals surface area contributed by atoms with Gasteiger partial charge in [-0.1, -0.05) is 164 Å². The quantitative estimate of drug-likeness (QED) is 0.171. The Labute approximate surface area is 331 Å². The summed E-state index contributed by atoms with van der Waals surface area (Å²) >= 11 is 0. The molecule has 1 aliphatic carbocycles. The van der Waals surface area contributed by atoms with Crippen molar-refractivity contribution >= 4 is 44.4 Å². The van der Waals surface area contributed by atoms with E-state index in [0.717, 1.165) is 62.8 Å². The molecule has 0 saturated carbocycles. The van der Waals surface area contributed by atoms with Gasteiger partial charge in [-0.05, 0) is 71.5 Å². The molecule has 0 fully saturated rings. The van der Waals surface area contributed by atoms with E-state index < -0.39 is 5.41 Å². The average molecular weight is 732 g/mol. The highest BCUT2D eigenvalue weighted by Crippen LogP contribution is 2.58. The van der Waals surface area contributed by atoms with E-state index in [1.54, 1.807) is 0 Å². The number of hydrogen-bond donors (Lipinski definition) is 0. The van der Waals surface area contributed by atoms with Crippen LogP contribution in [-0.4, -0.2) is 19.5 Å². The Morgan fingerprint density at radius 1 is 0.474 bits per heavy atom. The fraction of sp³-hybridized carbons (Fsp3) is 0.0577. The highest BCUT2D eigenvalue weighted by molar-refractivity contribution is 6.12. The lowest BCUT2D eigenvalue weighted by molar-refractivity contribution is 0.732. The smallest absolute Gasteiger partial charge is 0.238 e. The van der Waals surface area contributed by atoms with E-state index >= 15 is 0 Å². The van der Waals surface area contributed by atoms with Crippen LogP contribution in [0.3, 0.4) is 0 Å². The number of allylic oxidation sites excluding steroid dienone is 4. The summed E-state index contributed by atoms with van der Waals surface area (Å²) in [4.78, 5) is 18.1. The molecule has 3 heterocycles. The summed E-state index contributed by atoms with van der Waals surface area (Å²) < 4.78 is 2.25. The maximum Gasteiger partial charge on any atom is 0.238 e. The third-order valence-corrected chi connectivity index (χ3v) is 11.5. The number of anilines is 3. The molecule has 2 aliphatic rings. The van der Waals surface area contributed by atoms with E-state index in [1.165, 1.54) is 22.3 Å². The third-order valence-electron chi connectivity index (χ3n) is 11.5. The van der Waals surface area contributed by atoms with Gasteiger partial charge < -0.3 is 4.90 Å². The lowest BCUT2D eigenvalue weighted by Crippen LogP contribution is -2.37. The van der Waals surface area contributed by atoms with Gasteiger partial charge in [0.2, 0.25) is 5.95 Å². The van der Waals surface area contributed by atoms with Gasteiger partial charge in [0.25, 0.3) is 0 Å². The van der Waals surface area contributed by atoms with Crippen molar-refractivity contribution in [2.24, 2.45) is 0 Å². The van der Waals surface area contributed by atoms with Crippen LogP contribution in [0.2, 0.25) is 0 Å². The van der Waals surface area contributed by atoms with Crippen molar-refractivity contribution in [3.63, 3.8) is 0 Å².